The monoisotopic (exact) mass is 338 g/mol. The van der Waals surface area contributed by atoms with Gasteiger partial charge in [0, 0.05) is 11.1 Å². The number of hydrogen-bond donors (Lipinski definition) is 2. The van der Waals surface area contributed by atoms with Gasteiger partial charge in [0.15, 0.2) is 5.88 Å². The second-order valence-corrected chi connectivity index (χ2v) is 5.75. The van der Waals surface area contributed by atoms with Crippen molar-refractivity contribution >= 4 is 11.6 Å². The summed E-state index contributed by atoms with van der Waals surface area (Å²) in [7, 11) is 0. The Bertz CT molecular complexity index is 1190. The number of carbonyl (C=O) groups excluding carboxylic acids is 1. The molecule has 0 unspecified atom stereocenters. The molecule has 6 nitrogen and oxygen atoms in total. The van der Waals surface area contributed by atoms with Crippen molar-refractivity contribution in [1.82, 2.24) is 4.98 Å². The minimum absolute atomic E-state index is 0.177. The van der Waals surface area contributed by atoms with Gasteiger partial charge in [-0.05, 0) is 24.3 Å². The lowest BCUT2D eigenvalue weighted by atomic mass is 9.99. The van der Waals surface area contributed by atoms with E-state index in [-0.39, 0.29) is 11.4 Å². The van der Waals surface area contributed by atoms with Crippen molar-refractivity contribution in [1.29, 1.82) is 10.5 Å². The van der Waals surface area contributed by atoms with Gasteiger partial charge in [-0.15, -0.1) is 0 Å². The van der Waals surface area contributed by atoms with Crippen molar-refractivity contribution in [3.8, 4) is 29.3 Å². The van der Waals surface area contributed by atoms with Crippen LogP contribution in [0.3, 0.4) is 0 Å². The van der Waals surface area contributed by atoms with Crippen molar-refractivity contribution in [3.63, 3.8) is 0 Å². The summed E-state index contributed by atoms with van der Waals surface area (Å²) in [6, 6.07) is 17.5. The molecule has 0 fully saturated rings. The number of aromatic hydroxyl groups is 1. The van der Waals surface area contributed by atoms with Crippen LogP contribution >= 0.6 is 0 Å². The Balaban J connectivity index is 1.89. The molecule has 26 heavy (non-hydrogen) atoms. The predicted octanol–water partition coefficient (Wildman–Crippen LogP) is 3.12. The number of carbonyl (C=O) groups is 1. The zero-order chi connectivity index (χ0) is 18.3. The molecule has 6 heteroatoms. The van der Waals surface area contributed by atoms with Crippen LogP contribution in [-0.2, 0) is 0 Å². The normalized spacial score (nSPS) is 12.2. The molecule has 2 heterocycles. The number of aliphatic imine (C=N–C) groups is 1. The number of H-pyrrole nitrogens is 1. The Hall–Kier alpha value is -4.16. The molecule has 0 spiro atoms. The third kappa shape index (κ3) is 2.26. The van der Waals surface area contributed by atoms with E-state index in [2.05, 4.69) is 9.98 Å². The van der Waals surface area contributed by atoms with Crippen molar-refractivity contribution in [2.24, 2.45) is 4.99 Å². The van der Waals surface area contributed by atoms with E-state index in [4.69, 9.17) is 10.5 Å². The molecule has 4 rings (SSSR count). The molecule has 1 aliphatic heterocycles. The molecule has 1 aromatic heterocycles. The average molecular weight is 338 g/mol. The van der Waals surface area contributed by atoms with Gasteiger partial charge in [0.25, 0.3) is 5.91 Å². The maximum Gasteiger partial charge on any atom is 0.280 e. The third-order valence-corrected chi connectivity index (χ3v) is 4.19. The minimum atomic E-state index is -0.480. The largest absolute Gasteiger partial charge is 0.494 e. The Labute approximate surface area is 148 Å². The van der Waals surface area contributed by atoms with Gasteiger partial charge in [0.1, 0.15) is 0 Å². The molecule has 2 N–H and O–H groups in total. The van der Waals surface area contributed by atoms with Gasteiger partial charge in [0.2, 0.25) is 0 Å². The van der Waals surface area contributed by atoms with E-state index in [1.54, 1.807) is 48.5 Å². The molecule has 122 valence electrons. The number of fused-ring (bicyclic) bond motifs is 1. The predicted molar refractivity (Wildman–Crippen MR) is 93.7 cm³/mol. The SMILES string of the molecule is N#Cc1cccc(C2=NC(=O)c3c(-c4cccc(C#N)c4)[nH]c(O)c32)c1. The molecule has 0 saturated heterocycles. The number of rotatable bonds is 2. The molecule has 0 bridgehead atoms. The van der Waals surface area contributed by atoms with Gasteiger partial charge in [-0.1, -0.05) is 24.3 Å². The lowest BCUT2D eigenvalue weighted by Gasteiger charge is -2.01. The number of nitrogens with zero attached hydrogens (tertiary/aromatic N) is 3. The van der Waals surface area contributed by atoms with Gasteiger partial charge in [0.05, 0.1) is 45.8 Å². The Kier molecular flexibility index (Phi) is 3.39. The maximum absolute atomic E-state index is 12.5. The third-order valence-electron chi connectivity index (χ3n) is 4.19. The summed E-state index contributed by atoms with van der Waals surface area (Å²) in [4.78, 5) is 19.4. The fourth-order valence-corrected chi connectivity index (χ4v) is 3.05. The smallest absolute Gasteiger partial charge is 0.280 e. The van der Waals surface area contributed by atoms with Crippen molar-refractivity contribution in [2.45, 2.75) is 0 Å². The lowest BCUT2D eigenvalue weighted by molar-refractivity contribution is 0.101. The molecule has 0 aliphatic carbocycles. The van der Waals surface area contributed by atoms with Crippen LogP contribution in [0.15, 0.2) is 53.5 Å². The van der Waals surface area contributed by atoms with Crippen LogP contribution in [0.25, 0.3) is 11.3 Å². The first-order valence-electron chi connectivity index (χ1n) is 7.71. The fourth-order valence-electron chi connectivity index (χ4n) is 3.05. The first kappa shape index (κ1) is 15.4. The van der Waals surface area contributed by atoms with E-state index < -0.39 is 5.91 Å². The second-order valence-electron chi connectivity index (χ2n) is 5.75. The van der Waals surface area contributed by atoms with Crippen molar-refractivity contribution in [2.75, 3.05) is 0 Å². The topological polar surface area (TPSA) is 113 Å². The standard InChI is InChI=1S/C20H10N4O2/c21-9-11-3-1-5-13(7-11)17-15-16(20(26)23-17)18(24-19(15)25)14-6-2-4-12(8-14)10-22/h1-8,23,26H. The zero-order valence-corrected chi connectivity index (χ0v) is 13.3. The van der Waals surface area contributed by atoms with Crippen molar-refractivity contribution in [3.05, 3.63) is 76.3 Å². The summed E-state index contributed by atoms with van der Waals surface area (Å²) in [6.07, 6.45) is 0. The van der Waals surface area contributed by atoms with E-state index in [0.717, 1.165) is 0 Å². The van der Waals surface area contributed by atoms with Crippen LogP contribution in [0.1, 0.15) is 32.6 Å². The highest BCUT2D eigenvalue weighted by atomic mass is 16.3. The van der Waals surface area contributed by atoms with Crippen LogP contribution in [0, 0.1) is 22.7 Å². The highest BCUT2D eigenvalue weighted by Crippen LogP contribution is 2.38. The lowest BCUT2D eigenvalue weighted by Crippen LogP contribution is -2.00. The van der Waals surface area contributed by atoms with Gasteiger partial charge >= 0.3 is 0 Å². The summed E-state index contributed by atoms with van der Waals surface area (Å²) in [5.41, 5.74) is 3.35. The second kappa shape index (κ2) is 5.73. The summed E-state index contributed by atoms with van der Waals surface area (Å²) < 4.78 is 0. The molecule has 1 amide bonds. The van der Waals surface area contributed by atoms with Gasteiger partial charge in [-0.3, -0.25) is 4.79 Å². The molecule has 3 aromatic rings. The first-order valence-corrected chi connectivity index (χ1v) is 7.71. The van der Waals surface area contributed by atoms with E-state index in [9.17, 15) is 9.90 Å². The van der Waals surface area contributed by atoms with E-state index in [1.807, 2.05) is 12.1 Å². The quantitative estimate of drug-likeness (QED) is 0.747. The van der Waals surface area contributed by atoms with E-state index in [0.29, 0.717) is 39.2 Å². The number of aromatic nitrogens is 1. The van der Waals surface area contributed by atoms with Crippen LogP contribution in [0.2, 0.25) is 0 Å². The molecule has 0 atom stereocenters. The summed E-state index contributed by atoms with van der Waals surface area (Å²) in [5, 5.41) is 28.5. The minimum Gasteiger partial charge on any atom is -0.494 e. The number of hydrogen-bond acceptors (Lipinski definition) is 4. The van der Waals surface area contributed by atoms with Crippen LogP contribution in [0.4, 0.5) is 0 Å². The van der Waals surface area contributed by atoms with Gasteiger partial charge in [-0.25, -0.2) is 4.99 Å². The number of nitriles is 2. The number of benzene rings is 2. The first-order chi connectivity index (χ1) is 12.6. The van der Waals surface area contributed by atoms with Gasteiger partial charge < -0.3 is 10.1 Å². The highest BCUT2D eigenvalue weighted by Gasteiger charge is 2.33. The fraction of sp³-hybridized carbons (Fsp3) is 0. The van der Waals surface area contributed by atoms with E-state index in [1.165, 1.54) is 0 Å². The molecule has 0 saturated carbocycles. The Morgan fingerprint density at radius 3 is 2.19 bits per heavy atom. The summed E-state index contributed by atoms with van der Waals surface area (Å²) in [5.74, 6) is -0.657. The zero-order valence-electron chi connectivity index (χ0n) is 13.3. The molecule has 1 aliphatic rings. The average Bonchev–Trinajstić information content (AvgIpc) is 3.20. The number of amides is 1. The van der Waals surface area contributed by atoms with E-state index >= 15 is 0 Å². The summed E-state index contributed by atoms with van der Waals surface area (Å²) in [6.45, 7) is 0. The maximum atomic E-state index is 12.5. The molecule has 2 aromatic carbocycles. The van der Waals surface area contributed by atoms with Crippen LogP contribution in [-0.4, -0.2) is 21.7 Å². The number of nitrogens with one attached hydrogen (secondary N) is 1. The van der Waals surface area contributed by atoms with Gasteiger partial charge in [-0.2, -0.15) is 10.5 Å². The molecule has 0 radical (unpaired) electrons. The highest BCUT2D eigenvalue weighted by molar-refractivity contribution is 6.30. The van der Waals surface area contributed by atoms with Crippen LogP contribution < -0.4 is 0 Å². The molecular weight excluding hydrogens is 328 g/mol. The van der Waals surface area contributed by atoms with Crippen LogP contribution in [0.5, 0.6) is 5.88 Å². The Morgan fingerprint density at radius 1 is 0.923 bits per heavy atom. The van der Waals surface area contributed by atoms with Crippen molar-refractivity contribution < 1.29 is 9.90 Å². The number of aromatic amines is 1. The Morgan fingerprint density at radius 2 is 1.54 bits per heavy atom. The summed E-state index contributed by atoms with van der Waals surface area (Å²) >= 11 is 0. The molecular formula is C20H10N4O2.